The van der Waals surface area contributed by atoms with E-state index in [1.54, 1.807) is 0 Å². The van der Waals surface area contributed by atoms with Gasteiger partial charge < -0.3 is 0 Å². The van der Waals surface area contributed by atoms with E-state index in [9.17, 15) is 0 Å². The molecule has 8 aromatic carbocycles. The third kappa shape index (κ3) is 6.99. The van der Waals surface area contributed by atoms with Gasteiger partial charge in [-0.25, -0.2) is 15.0 Å². The molecule has 54 heavy (non-hydrogen) atoms. The van der Waals surface area contributed by atoms with Crippen molar-refractivity contribution in [1.29, 1.82) is 0 Å². The van der Waals surface area contributed by atoms with E-state index >= 15 is 0 Å². The van der Waals surface area contributed by atoms with E-state index < -0.39 is 0 Å². The minimum Gasteiger partial charge on any atom is -0.208 e. The summed E-state index contributed by atoms with van der Waals surface area (Å²) in [5.74, 6) is 1.92. The molecule has 0 radical (unpaired) electrons. The summed E-state index contributed by atoms with van der Waals surface area (Å²) in [6, 6.07) is 74.4. The molecule has 0 aliphatic carbocycles. The van der Waals surface area contributed by atoms with Crippen molar-refractivity contribution in [3.8, 4) is 89.8 Å². The third-order valence-corrected chi connectivity index (χ3v) is 9.71. The molecule has 0 amide bonds. The van der Waals surface area contributed by atoms with Gasteiger partial charge in [0.05, 0.1) is 0 Å². The Balaban J connectivity index is 1.17. The molecule has 1 heterocycles. The number of hydrogen-bond acceptors (Lipinski definition) is 3. The first-order valence-corrected chi connectivity index (χ1v) is 18.2. The molecule has 0 bridgehead atoms. The highest BCUT2D eigenvalue weighted by Gasteiger charge is 2.14. The van der Waals surface area contributed by atoms with Gasteiger partial charge in [0, 0.05) is 16.7 Å². The van der Waals surface area contributed by atoms with Gasteiger partial charge in [0.2, 0.25) is 0 Å². The molecule has 3 nitrogen and oxygen atoms in total. The van der Waals surface area contributed by atoms with Crippen molar-refractivity contribution in [2.75, 3.05) is 0 Å². The van der Waals surface area contributed by atoms with Crippen molar-refractivity contribution in [1.82, 2.24) is 15.0 Å². The standard InChI is InChI=1S/C51H35N3/c1-5-15-36(16-6-1)38-27-29-39(30-28-38)46-33-47(43-24-13-23-42(31-43)37-17-7-2-8-18-37)35-48(34-46)44-25-14-26-45(32-44)51-53-49(40-19-9-3-10-20-40)52-50(54-51)41-21-11-4-12-22-41/h1-35H. The zero-order chi connectivity index (χ0) is 36.1. The first kappa shape index (κ1) is 32.7. The lowest BCUT2D eigenvalue weighted by molar-refractivity contribution is 1.07. The maximum Gasteiger partial charge on any atom is 0.164 e. The van der Waals surface area contributed by atoms with Crippen molar-refractivity contribution in [3.05, 3.63) is 212 Å². The fourth-order valence-corrected chi connectivity index (χ4v) is 6.90. The van der Waals surface area contributed by atoms with Gasteiger partial charge in [-0.2, -0.15) is 0 Å². The van der Waals surface area contributed by atoms with E-state index in [1.165, 1.54) is 22.3 Å². The second-order valence-corrected chi connectivity index (χ2v) is 13.3. The molecular formula is C51H35N3. The highest BCUT2D eigenvalue weighted by atomic mass is 15.0. The summed E-state index contributed by atoms with van der Waals surface area (Å²) in [7, 11) is 0. The van der Waals surface area contributed by atoms with Crippen molar-refractivity contribution >= 4 is 0 Å². The summed E-state index contributed by atoms with van der Waals surface area (Å²) in [6.07, 6.45) is 0. The highest BCUT2D eigenvalue weighted by molar-refractivity contribution is 5.84. The van der Waals surface area contributed by atoms with Crippen LogP contribution in [-0.4, -0.2) is 15.0 Å². The molecule has 0 aliphatic rings. The molecule has 9 aromatic rings. The van der Waals surface area contributed by atoms with Crippen LogP contribution in [0.15, 0.2) is 212 Å². The number of nitrogens with zero attached hydrogens (tertiary/aromatic N) is 3. The number of rotatable bonds is 8. The largest absolute Gasteiger partial charge is 0.208 e. The van der Waals surface area contributed by atoms with Crippen LogP contribution in [0.25, 0.3) is 89.8 Å². The van der Waals surface area contributed by atoms with E-state index in [2.05, 4.69) is 152 Å². The second kappa shape index (κ2) is 14.8. The van der Waals surface area contributed by atoms with Crippen molar-refractivity contribution in [3.63, 3.8) is 0 Å². The van der Waals surface area contributed by atoms with Crippen molar-refractivity contribution in [2.24, 2.45) is 0 Å². The number of benzene rings is 8. The Kier molecular flexibility index (Phi) is 8.94. The predicted octanol–water partition coefficient (Wildman–Crippen LogP) is 13.2. The lowest BCUT2D eigenvalue weighted by atomic mass is 9.91. The van der Waals surface area contributed by atoms with Crippen LogP contribution in [0.3, 0.4) is 0 Å². The third-order valence-electron chi connectivity index (χ3n) is 9.71. The number of aromatic nitrogens is 3. The molecule has 0 saturated heterocycles. The zero-order valence-electron chi connectivity index (χ0n) is 29.5. The van der Waals surface area contributed by atoms with Gasteiger partial charge in [-0.3, -0.25) is 0 Å². The van der Waals surface area contributed by atoms with Crippen molar-refractivity contribution in [2.45, 2.75) is 0 Å². The van der Waals surface area contributed by atoms with Gasteiger partial charge in [0.25, 0.3) is 0 Å². The van der Waals surface area contributed by atoms with Gasteiger partial charge >= 0.3 is 0 Å². The van der Waals surface area contributed by atoms with E-state index in [-0.39, 0.29) is 0 Å². The number of hydrogen-bond donors (Lipinski definition) is 0. The van der Waals surface area contributed by atoms with Gasteiger partial charge in [0.1, 0.15) is 0 Å². The molecule has 254 valence electrons. The molecule has 0 N–H and O–H groups in total. The molecule has 9 rings (SSSR count). The average Bonchev–Trinajstić information content (AvgIpc) is 3.27. The Hall–Kier alpha value is -7.23. The summed E-state index contributed by atoms with van der Waals surface area (Å²) < 4.78 is 0. The van der Waals surface area contributed by atoms with Crippen LogP contribution in [0.1, 0.15) is 0 Å². The quantitative estimate of drug-likeness (QED) is 0.159. The highest BCUT2D eigenvalue weighted by Crippen LogP contribution is 2.36. The van der Waals surface area contributed by atoms with Crippen LogP contribution < -0.4 is 0 Å². The fourth-order valence-electron chi connectivity index (χ4n) is 6.90. The Labute approximate surface area is 316 Å². The van der Waals surface area contributed by atoms with E-state index in [0.29, 0.717) is 17.5 Å². The molecular weight excluding hydrogens is 655 g/mol. The Bertz CT molecular complexity index is 2620. The molecule has 3 heteroatoms. The van der Waals surface area contributed by atoms with Crippen LogP contribution in [0, 0.1) is 0 Å². The summed E-state index contributed by atoms with van der Waals surface area (Å²) in [6.45, 7) is 0. The molecule has 1 aromatic heterocycles. The lowest BCUT2D eigenvalue weighted by Gasteiger charge is -2.14. The predicted molar refractivity (Wildman–Crippen MR) is 223 cm³/mol. The Morgan fingerprint density at radius 1 is 0.167 bits per heavy atom. The summed E-state index contributed by atoms with van der Waals surface area (Å²) >= 11 is 0. The van der Waals surface area contributed by atoms with Crippen LogP contribution in [0.2, 0.25) is 0 Å². The maximum atomic E-state index is 5.01. The van der Waals surface area contributed by atoms with Crippen LogP contribution in [-0.2, 0) is 0 Å². The summed E-state index contributed by atoms with van der Waals surface area (Å²) in [4.78, 5) is 14.9. The van der Waals surface area contributed by atoms with Crippen molar-refractivity contribution < 1.29 is 0 Å². The SMILES string of the molecule is c1ccc(-c2ccc(-c3cc(-c4cccc(-c5ccccc5)c4)cc(-c4cccc(-c5nc(-c6ccccc6)nc(-c6ccccc6)n5)c4)c3)cc2)cc1. The summed E-state index contributed by atoms with van der Waals surface area (Å²) in [5, 5.41) is 0. The van der Waals surface area contributed by atoms with Gasteiger partial charge in [-0.1, -0.05) is 182 Å². The normalized spacial score (nSPS) is 11.0. The van der Waals surface area contributed by atoms with Crippen LogP contribution in [0.4, 0.5) is 0 Å². The van der Waals surface area contributed by atoms with E-state index in [1.807, 2.05) is 60.7 Å². The molecule has 0 fully saturated rings. The molecule has 0 saturated carbocycles. The Morgan fingerprint density at radius 3 is 0.852 bits per heavy atom. The molecule has 0 spiro atoms. The fraction of sp³-hybridized carbons (Fsp3) is 0. The molecule has 0 unspecified atom stereocenters. The minimum atomic E-state index is 0.632. The molecule has 0 atom stereocenters. The van der Waals surface area contributed by atoms with Gasteiger partial charge in [0.15, 0.2) is 17.5 Å². The van der Waals surface area contributed by atoms with Gasteiger partial charge in [-0.15, -0.1) is 0 Å². The van der Waals surface area contributed by atoms with Crippen LogP contribution in [0.5, 0.6) is 0 Å². The maximum absolute atomic E-state index is 5.01. The second-order valence-electron chi connectivity index (χ2n) is 13.3. The zero-order valence-corrected chi connectivity index (χ0v) is 29.5. The first-order valence-electron chi connectivity index (χ1n) is 18.2. The average molecular weight is 690 g/mol. The van der Waals surface area contributed by atoms with Crippen LogP contribution >= 0.6 is 0 Å². The smallest absolute Gasteiger partial charge is 0.164 e. The first-order chi connectivity index (χ1) is 26.7. The van der Waals surface area contributed by atoms with Gasteiger partial charge in [-0.05, 0) is 86.0 Å². The molecule has 0 aliphatic heterocycles. The monoisotopic (exact) mass is 689 g/mol. The minimum absolute atomic E-state index is 0.632. The topological polar surface area (TPSA) is 38.7 Å². The Morgan fingerprint density at radius 2 is 0.407 bits per heavy atom. The summed E-state index contributed by atoms with van der Waals surface area (Å²) in [5.41, 5.74) is 14.4. The van der Waals surface area contributed by atoms with E-state index in [4.69, 9.17) is 15.0 Å². The van der Waals surface area contributed by atoms with E-state index in [0.717, 1.165) is 50.1 Å². The lowest BCUT2D eigenvalue weighted by Crippen LogP contribution is -2.00.